The van der Waals surface area contributed by atoms with Gasteiger partial charge >= 0.3 is 5.97 Å². The number of piperidine rings is 1. The van der Waals surface area contributed by atoms with Crippen molar-refractivity contribution in [3.05, 3.63) is 16.8 Å². The van der Waals surface area contributed by atoms with Crippen LogP contribution in [0.5, 0.6) is 0 Å². The molecule has 1 saturated heterocycles. The number of fused-ring (bicyclic) bond motifs is 1. The molecule has 6 nitrogen and oxygen atoms in total. The van der Waals surface area contributed by atoms with Gasteiger partial charge in [-0.3, -0.25) is 0 Å². The second kappa shape index (κ2) is 5.23. The van der Waals surface area contributed by atoms with Crippen molar-refractivity contribution in [3.8, 4) is 0 Å². The summed E-state index contributed by atoms with van der Waals surface area (Å²) in [6, 6.07) is 0. The Bertz CT molecular complexity index is 700. The van der Waals surface area contributed by atoms with E-state index in [1.165, 1.54) is 17.7 Å². The molecule has 1 aliphatic heterocycles. The molecule has 112 valence electrons. The fourth-order valence-corrected chi connectivity index (χ4v) is 3.72. The van der Waals surface area contributed by atoms with E-state index >= 15 is 0 Å². The predicted molar refractivity (Wildman–Crippen MR) is 81.1 cm³/mol. The van der Waals surface area contributed by atoms with E-state index in [-0.39, 0.29) is 12.0 Å². The number of carbonyl (C=O) groups is 1. The normalized spacial score (nSPS) is 22.7. The highest BCUT2D eigenvalue weighted by Crippen LogP contribution is 2.36. The first-order valence-electron chi connectivity index (χ1n) is 6.89. The minimum atomic E-state index is -0.936. The molecule has 2 aromatic heterocycles. The van der Waals surface area contributed by atoms with Crippen LogP contribution in [0.2, 0.25) is 0 Å². The Morgan fingerprint density at radius 1 is 1.48 bits per heavy atom. The topological polar surface area (TPSA) is 86.5 Å². The second-order valence-electron chi connectivity index (χ2n) is 5.52. The van der Waals surface area contributed by atoms with Crippen LogP contribution in [0.1, 0.15) is 28.6 Å². The van der Waals surface area contributed by atoms with Gasteiger partial charge in [0.15, 0.2) is 0 Å². The van der Waals surface area contributed by atoms with Gasteiger partial charge in [0.05, 0.1) is 11.5 Å². The number of rotatable bonds is 2. The lowest BCUT2D eigenvalue weighted by molar-refractivity contribution is 0.0701. The third kappa shape index (κ3) is 2.36. The summed E-state index contributed by atoms with van der Waals surface area (Å²) in [5.41, 5.74) is 0.700. The summed E-state index contributed by atoms with van der Waals surface area (Å²) in [6.07, 6.45) is 1.97. The zero-order chi connectivity index (χ0) is 15.1. The molecule has 7 heteroatoms. The highest BCUT2D eigenvalue weighted by atomic mass is 32.1. The number of anilines is 1. The van der Waals surface area contributed by atoms with Gasteiger partial charge in [0, 0.05) is 13.1 Å². The molecule has 0 aliphatic carbocycles. The number of aliphatic hydroxyl groups is 1. The van der Waals surface area contributed by atoms with E-state index in [2.05, 4.69) is 9.97 Å². The maximum absolute atomic E-state index is 11.3. The molecule has 2 aromatic rings. The van der Waals surface area contributed by atoms with Crippen LogP contribution in [0.3, 0.4) is 0 Å². The number of carboxylic acid groups (broad SMARTS) is 1. The van der Waals surface area contributed by atoms with E-state index in [1.54, 1.807) is 6.92 Å². The highest BCUT2D eigenvalue weighted by molar-refractivity contribution is 7.20. The van der Waals surface area contributed by atoms with E-state index in [0.29, 0.717) is 21.8 Å². The summed E-state index contributed by atoms with van der Waals surface area (Å²) in [4.78, 5) is 22.8. The van der Waals surface area contributed by atoms with Crippen LogP contribution in [0, 0.1) is 12.8 Å². The van der Waals surface area contributed by atoms with Crippen molar-refractivity contribution in [1.82, 2.24) is 9.97 Å². The molecule has 3 rings (SSSR count). The maximum atomic E-state index is 11.3. The smallest absolute Gasteiger partial charge is 0.346 e. The largest absolute Gasteiger partial charge is 0.477 e. The molecular formula is C14H17N3O3S. The SMILES string of the molecule is Cc1c(C(=O)O)sc2ncnc(N3CCC(C)C(O)C3)c12. The molecule has 0 spiro atoms. The molecule has 0 radical (unpaired) electrons. The lowest BCUT2D eigenvalue weighted by atomic mass is 9.96. The molecule has 2 unspecified atom stereocenters. The summed E-state index contributed by atoms with van der Waals surface area (Å²) in [6.45, 7) is 5.15. The zero-order valence-electron chi connectivity index (χ0n) is 11.9. The first-order chi connectivity index (χ1) is 9.99. The van der Waals surface area contributed by atoms with Crippen LogP contribution in [0.25, 0.3) is 10.2 Å². The Morgan fingerprint density at radius 2 is 2.24 bits per heavy atom. The van der Waals surface area contributed by atoms with E-state index < -0.39 is 5.97 Å². The molecule has 0 bridgehead atoms. The molecule has 2 N–H and O–H groups in total. The van der Waals surface area contributed by atoms with Crippen molar-refractivity contribution in [3.63, 3.8) is 0 Å². The van der Waals surface area contributed by atoms with Crippen molar-refractivity contribution in [1.29, 1.82) is 0 Å². The molecule has 3 heterocycles. The predicted octanol–water partition coefficient (Wildman–Crippen LogP) is 1.91. The maximum Gasteiger partial charge on any atom is 0.346 e. The van der Waals surface area contributed by atoms with Crippen LogP contribution in [0.15, 0.2) is 6.33 Å². The van der Waals surface area contributed by atoms with E-state index in [4.69, 9.17) is 0 Å². The van der Waals surface area contributed by atoms with Crippen molar-refractivity contribution in [2.75, 3.05) is 18.0 Å². The van der Waals surface area contributed by atoms with Gasteiger partial charge < -0.3 is 15.1 Å². The standard InChI is InChI=1S/C14H17N3O3S/c1-7-3-4-17(5-9(7)18)12-10-8(2)11(14(19)20)21-13(10)16-6-15-12/h6-7,9,18H,3-5H2,1-2H3,(H,19,20). The van der Waals surface area contributed by atoms with Gasteiger partial charge in [0.25, 0.3) is 0 Å². The molecule has 0 saturated carbocycles. The van der Waals surface area contributed by atoms with Crippen LogP contribution in [-0.2, 0) is 0 Å². The highest BCUT2D eigenvalue weighted by Gasteiger charge is 2.28. The van der Waals surface area contributed by atoms with Crippen LogP contribution in [0.4, 0.5) is 5.82 Å². The molecule has 2 atom stereocenters. The van der Waals surface area contributed by atoms with Crippen molar-refractivity contribution < 1.29 is 15.0 Å². The number of hydrogen-bond donors (Lipinski definition) is 2. The summed E-state index contributed by atoms with van der Waals surface area (Å²) in [7, 11) is 0. The quantitative estimate of drug-likeness (QED) is 0.881. The Hall–Kier alpha value is -1.73. The number of β-amino-alcohol motifs (C(OH)–C–C–N with tert-alkyl or cyclic N) is 1. The lowest BCUT2D eigenvalue weighted by Crippen LogP contribution is -2.43. The van der Waals surface area contributed by atoms with Gasteiger partial charge in [-0.25, -0.2) is 14.8 Å². The minimum absolute atomic E-state index is 0.275. The molecular weight excluding hydrogens is 290 g/mol. The van der Waals surface area contributed by atoms with Gasteiger partial charge in [-0.15, -0.1) is 11.3 Å². The van der Waals surface area contributed by atoms with Crippen LogP contribution >= 0.6 is 11.3 Å². The third-order valence-corrected chi connectivity index (χ3v) is 5.31. The third-order valence-electron chi connectivity index (χ3n) is 4.12. The van der Waals surface area contributed by atoms with E-state index in [9.17, 15) is 15.0 Å². The molecule has 1 fully saturated rings. The number of aryl methyl sites for hydroxylation is 1. The fourth-order valence-electron chi connectivity index (χ4n) is 2.74. The van der Waals surface area contributed by atoms with Crippen molar-refractivity contribution >= 4 is 33.3 Å². The van der Waals surface area contributed by atoms with Gasteiger partial charge in [-0.05, 0) is 24.8 Å². The Morgan fingerprint density at radius 3 is 2.90 bits per heavy atom. The number of aromatic nitrogens is 2. The fraction of sp³-hybridized carbons (Fsp3) is 0.500. The minimum Gasteiger partial charge on any atom is -0.477 e. The Balaban J connectivity index is 2.09. The number of aliphatic hydroxyl groups excluding tert-OH is 1. The number of hydrogen-bond acceptors (Lipinski definition) is 6. The molecule has 0 aromatic carbocycles. The first-order valence-corrected chi connectivity index (χ1v) is 7.71. The summed E-state index contributed by atoms with van der Waals surface area (Å²) >= 11 is 1.17. The Labute approximate surface area is 126 Å². The summed E-state index contributed by atoms with van der Waals surface area (Å²) < 4.78 is 0. The van der Waals surface area contributed by atoms with E-state index in [1.807, 2.05) is 11.8 Å². The number of carboxylic acids is 1. The summed E-state index contributed by atoms with van der Waals surface area (Å²) in [5.74, 6) is 0.0673. The average Bonchev–Trinajstić information content (AvgIpc) is 2.80. The monoisotopic (exact) mass is 307 g/mol. The lowest BCUT2D eigenvalue weighted by Gasteiger charge is -2.35. The zero-order valence-corrected chi connectivity index (χ0v) is 12.7. The van der Waals surface area contributed by atoms with Gasteiger partial charge in [-0.2, -0.15) is 0 Å². The first kappa shape index (κ1) is 14.2. The Kier molecular flexibility index (Phi) is 3.54. The van der Waals surface area contributed by atoms with Gasteiger partial charge in [-0.1, -0.05) is 6.92 Å². The summed E-state index contributed by atoms with van der Waals surface area (Å²) in [5, 5.41) is 20.1. The molecule has 1 aliphatic rings. The van der Waals surface area contributed by atoms with E-state index in [0.717, 1.165) is 24.2 Å². The second-order valence-corrected chi connectivity index (χ2v) is 6.52. The van der Waals surface area contributed by atoms with Gasteiger partial charge in [0.1, 0.15) is 21.9 Å². The number of thiophene rings is 1. The van der Waals surface area contributed by atoms with Crippen molar-refractivity contribution in [2.45, 2.75) is 26.4 Å². The number of nitrogens with zero attached hydrogens (tertiary/aromatic N) is 3. The van der Waals surface area contributed by atoms with Crippen LogP contribution < -0.4 is 4.90 Å². The number of aromatic carboxylic acids is 1. The molecule has 0 amide bonds. The van der Waals surface area contributed by atoms with Crippen molar-refractivity contribution in [2.24, 2.45) is 5.92 Å². The van der Waals surface area contributed by atoms with Crippen LogP contribution in [-0.4, -0.2) is 45.3 Å². The van der Waals surface area contributed by atoms with Gasteiger partial charge in [0.2, 0.25) is 0 Å². The average molecular weight is 307 g/mol. The molecule has 21 heavy (non-hydrogen) atoms.